The molecule has 1 amide bonds. The van der Waals surface area contributed by atoms with Crippen LogP contribution in [0.3, 0.4) is 0 Å². The first kappa shape index (κ1) is 24.8. The third kappa shape index (κ3) is 5.35. The lowest BCUT2D eigenvalue weighted by Crippen LogP contribution is -2.17. The molecule has 3 aromatic heterocycles. The summed E-state index contributed by atoms with van der Waals surface area (Å²) in [6.07, 6.45) is 9.46. The van der Waals surface area contributed by atoms with Crippen LogP contribution >= 0.6 is 23.1 Å². The SMILES string of the molecule is Cc1ccc2nc(-c3ccc(NC(=O)CSc4nnc(-c5cccnc5)n4C4CCCCC4)cc3)sc2c1. The lowest BCUT2D eigenvalue weighted by atomic mass is 9.95. The van der Waals surface area contributed by atoms with E-state index < -0.39 is 0 Å². The Hall–Kier alpha value is -3.56. The highest BCUT2D eigenvalue weighted by atomic mass is 32.2. The number of carbonyl (C=O) groups is 1. The Morgan fingerprint density at radius 3 is 2.68 bits per heavy atom. The van der Waals surface area contributed by atoms with Gasteiger partial charge in [-0.15, -0.1) is 21.5 Å². The number of thioether (sulfide) groups is 1. The van der Waals surface area contributed by atoms with Gasteiger partial charge in [0.05, 0.1) is 16.0 Å². The highest BCUT2D eigenvalue weighted by molar-refractivity contribution is 7.99. The Morgan fingerprint density at radius 1 is 1.05 bits per heavy atom. The molecule has 1 N–H and O–H groups in total. The van der Waals surface area contributed by atoms with E-state index in [4.69, 9.17) is 4.98 Å². The first-order chi connectivity index (χ1) is 18.6. The van der Waals surface area contributed by atoms with E-state index in [1.165, 1.54) is 41.3 Å². The van der Waals surface area contributed by atoms with E-state index in [-0.39, 0.29) is 11.7 Å². The number of aromatic nitrogens is 5. The summed E-state index contributed by atoms with van der Waals surface area (Å²) in [7, 11) is 0. The minimum absolute atomic E-state index is 0.0701. The van der Waals surface area contributed by atoms with Crippen LogP contribution in [0.2, 0.25) is 0 Å². The number of hydrogen-bond donors (Lipinski definition) is 1. The van der Waals surface area contributed by atoms with Gasteiger partial charge in [-0.25, -0.2) is 4.98 Å². The fraction of sp³-hybridized carbons (Fsp3) is 0.276. The number of fused-ring (bicyclic) bond motifs is 1. The second-order valence-electron chi connectivity index (χ2n) is 9.61. The average Bonchev–Trinajstić information content (AvgIpc) is 3.57. The molecule has 0 aliphatic heterocycles. The number of nitrogens with one attached hydrogen (secondary N) is 1. The largest absolute Gasteiger partial charge is 0.325 e. The van der Waals surface area contributed by atoms with Crippen molar-refractivity contribution >= 4 is 44.9 Å². The molecular formula is C29H28N6OS2. The van der Waals surface area contributed by atoms with Crippen molar-refractivity contribution in [3.8, 4) is 22.0 Å². The number of carbonyl (C=O) groups excluding carboxylic acids is 1. The molecule has 7 nitrogen and oxygen atoms in total. The summed E-state index contributed by atoms with van der Waals surface area (Å²) >= 11 is 3.12. The minimum Gasteiger partial charge on any atom is -0.325 e. The van der Waals surface area contributed by atoms with Gasteiger partial charge in [0, 0.05) is 35.2 Å². The average molecular weight is 541 g/mol. The van der Waals surface area contributed by atoms with Crippen LogP contribution < -0.4 is 5.32 Å². The van der Waals surface area contributed by atoms with Crippen molar-refractivity contribution in [3.63, 3.8) is 0 Å². The lowest BCUT2D eigenvalue weighted by molar-refractivity contribution is -0.113. The van der Waals surface area contributed by atoms with Crippen LogP contribution in [0, 0.1) is 6.92 Å². The van der Waals surface area contributed by atoms with Crippen LogP contribution in [0.4, 0.5) is 5.69 Å². The van der Waals surface area contributed by atoms with Gasteiger partial charge in [0.15, 0.2) is 11.0 Å². The van der Waals surface area contributed by atoms with Crippen LogP contribution in [-0.2, 0) is 4.79 Å². The van der Waals surface area contributed by atoms with Crippen LogP contribution in [0.15, 0.2) is 72.1 Å². The molecule has 6 rings (SSSR count). The van der Waals surface area contributed by atoms with Crippen LogP contribution in [0.5, 0.6) is 0 Å². The number of thiazole rings is 1. The smallest absolute Gasteiger partial charge is 0.234 e. The molecule has 3 heterocycles. The normalized spacial score (nSPS) is 14.1. The molecule has 5 aromatic rings. The van der Waals surface area contributed by atoms with Gasteiger partial charge in [-0.05, 0) is 73.9 Å². The number of benzene rings is 2. The van der Waals surface area contributed by atoms with Crippen molar-refractivity contribution in [1.82, 2.24) is 24.7 Å². The third-order valence-corrected chi connectivity index (χ3v) is 8.83. The molecule has 2 aromatic carbocycles. The van der Waals surface area contributed by atoms with E-state index in [1.807, 2.05) is 42.6 Å². The van der Waals surface area contributed by atoms with Gasteiger partial charge in [0.1, 0.15) is 5.01 Å². The highest BCUT2D eigenvalue weighted by Gasteiger charge is 2.24. The maximum absolute atomic E-state index is 12.8. The number of nitrogens with zero attached hydrogens (tertiary/aromatic N) is 5. The van der Waals surface area contributed by atoms with Gasteiger partial charge in [0.2, 0.25) is 5.91 Å². The zero-order valence-corrected chi connectivity index (χ0v) is 22.8. The van der Waals surface area contributed by atoms with E-state index in [9.17, 15) is 4.79 Å². The van der Waals surface area contributed by atoms with Gasteiger partial charge >= 0.3 is 0 Å². The maximum atomic E-state index is 12.8. The standard InChI is InChI=1S/C29H28N6OS2/c1-19-9-14-24-25(16-19)38-28(32-24)20-10-12-22(13-11-20)31-26(36)18-37-29-34-33-27(21-6-5-15-30-17-21)35(29)23-7-3-2-4-8-23/h5-6,9-17,23H,2-4,7-8,18H2,1H3,(H,31,36). The number of amides is 1. The van der Waals surface area contributed by atoms with Crippen LogP contribution in [0.1, 0.15) is 43.7 Å². The molecular weight excluding hydrogens is 512 g/mol. The van der Waals surface area contributed by atoms with Crippen molar-refractivity contribution in [2.45, 2.75) is 50.2 Å². The highest BCUT2D eigenvalue weighted by Crippen LogP contribution is 2.36. The summed E-state index contributed by atoms with van der Waals surface area (Å²) in [5.41, 5.74) is 5.00. The molecule has 0 bridgehead atoms. The molecule has 1 aliphatic rings. The Kier molecular flexibility index (Phi) is 7.20. The predicted octanol–water partition coefficient (Wildman–Crippen LogP) is 7.16. The summed E-state index contributed by atoms with van der Waals surface area (Å²) in [6, 6.07) is 18.5. The topological polar surface area (TPSA) is 85.6 Å². The van der Waals surface area contributed by atoms with E-state index in [0.717, 1.165) is 51.2 Å². The van der Waals surface area contributed by atoms with Crippen molar-refractivity contribution in [2.24, 2.45) is 0 Å². The maximum Gasteiger partial charge on any atom is 0.234 e. The molecule has 0 unspecified atom stereocenters. The van der Waals surface area contributed by atoms with Crippen LogP contribution in [-0.4, -0.2) is 36.4 Å². The van der Waals surface area contributed by atoms with Gasteiger partial charge in [-0.2, -0.15) is 0 Å². The minimum atomic E-state index is -0.0701. The summed E-state index contributed by atoms with van der Waals surface area (Å²) in [6.45, 7) is 2.09. The molecule has 38 heavy (non-hydrogen) atoms. The second kappa shape index (κ2) is 11.0. The molecule has 0 saturated heterocycles. The van der Waals surface area contributed by atoms with E-state index >= 15 is 0 Å². The van der Waals surface area contributed by atoms with E-state index in [1.54, 1.807) is 17.5 Å². The molecule has 0 spiro atoms. The summed E-state index contributed by atoms with van der Waals surface area (Å²) < 4.78 is 3.41. The molecule has 0 atom stereocenters. The van der Waals surface area contributed by atoms with E-state index in [0.29, 0.717) is 6.04 Å². The Bertz CT molecular complexity index is 1560. The molecule has 0 radical (unpaired) electrons. The fourth-order valence-electron chi connectivity index (χ4n) is 4.91. The van der Waals surface area contributed by atoms with Gasteiger partial charge in [-0.3, -0.25) is 14.3 Å². The molecule has 1 fully saturated rings. The summed E-state index contributed by atoms with van der Waals surface area (Å²) in [4.78, 5) is 21.9. The monoisotopic (exact) mass is 540 g/mol. The number of pyridine rings is 1. The molecule has 9 heteroatoms. The first-order valence-electron chi connectivity index (χ1n) is 12.9. The molecule has 1 saturated carbocycles. The second-order valence-corrected chi connectivity index (χ2v) is 11.6. The number of rotatable bonds is 7. The number of aryl methyl sites for hydroxylation is 1. The van der Waals surface area contributed by atoms with E-state index in [2.05, 4.69) is 50.2 Å². The first-order valence-corrected chi connectivity index (χ1v) is 14.7. The number of anilines is 1. The zero-order chi connectivity index (χ0) is 25.9. The quantitative estimate of drug-likeness (QED) is 0.220. The van der Waals surface area contributed by atoms with Crippen molar-refractivity contribution in [2.75, 3.05) is 11.1 Å². The van der Waals surface area contributed by atoms with Crippen molar-refractivity contribution in [1.29, 1.82) is 0 Å². The van der Waals surface area contributed by atoms with Crippen molar-refractivity contribution < 1.29 is 4.79 Å². The number of hydrogen-bond acceptors (Lipinski definition) is 7. The Labute approximate surface area is 229 Å². The third-order valence-electron chi connectivity index (χ3n) is 6.82. The predicted molar refractivity (Wildman–Crippen MR) is 155 cm³/mol. The van der Waals surface area contributed by atoms with Crippen LogP contribution in [0.25, 0.3) is 32.2 Å². The summed E-state index contributed by atoms with van der Waals surface area (Å²) in [5.74, 6) is 1.02. The van der Waals surface area contributed by atoms with Gasteiger partial charge in [-0.1, -0.05) is 37.1 Å². The molecule has 192 valence electrons. The lowest BCUT2D eigenvalue weighted by Gasteiger charge is -2.25. The Balaban J connectivity index is 1.13. The van der Waals surface area contributed by atoms with Gasteiger partial charge < -0.3 is 5.32 Å². The summed E-state index contributed by atoms with van der Waals surface area (Å²) in [5, 5.41) is 13.8. The van der Waals surface area contributed by atoms with Crippen molar-refractivity contribution in [3.05, 3.63) is 72.6 Å². The zero-order valence-electron chi connectivity index (χ0n) is 21.1. The Morgan fingerprint density at radius 2 is 1.89 bits per heavy atom. The molecule has 1 aliphatic carbocycles. The van der Waals surface area contributed by atoms with Gasteiger partial charge in [0.25, 0.3) is 0 Å². The fourth-order valence-corrected chi connectivity index (χ4v) is 6.79.